The van der Waals surface area contributed by atoms with E-state index < -0.39 is 0 Å². The zero-order valence-electron chi connectivity index (χ0n) is 12.6. The van der Waals surface area contributed by atoms with Crippen molar-refractivity contribution in [2.24, 2.45) is 7.05 Å². The Morgan fingerprint density at radius 1 is 1.45 bits per heavy atom. The van der Waals surface area contributed by atoms with E-state index in [1.807, 2.05) is 38.4 Å². The van der Waals surface area contributed by atoms with E-state index in [2.05, 4.69) is 20.6 Å². The molecule has 0 aliphatic carbocycles. The Morgan fingerprint density at radius 3 is 2.91 bits per heavy atom. The van der Waals surface area contributed by atoms with Crippen LogP contribution in [0.15, 0.2) is 29.9 Å². The third-order valence-corrected chi connectivity index (χ3v) is 4.63. The first-order valence-electron chi connectivity index (χ1n) is 6.94. The number of thiophene rings is 1. The molecule has 7 heteroatoms. The fraction of sp³-hybridized carbons (Fsp3) is 0.267. The fourth-order valence-corrected chi connectivity index (χ4v) is 3.09. The van der Waals surface area contributed by atoms with Gasteiger partial charge in [0.05, 0.1) is 34.6 Å². The quantitative estimate of drug-likeness (QED) is 0.777. The lowest BCUT2D eigenvalue weighted by Crippen LogP contribution is -2.27. The number of amides is 1. The van der Waals surface area contributed by atoms with Gasteiger partial charge in [-0.15, -0.1) is 11.3 Å². The Morgan fingerprint density at radius 2 is 2.27 bits per heavy atom. The van der Waals surface area contributed by atoms with Crippen LogP contribution in [0.5, 0.6) is 0 Å². The minimum atomic E-state index is -0.145. The maximum Gasteiger partial charge on any atom is 0.255 e. The Bertz CT molecular complexity index is 787. The summed E-state index contributed by atoms with van der Waals surface area (Å²) in [6.45, 7) is 3.94. The molecule has 114 valence electrons. The molecule has 6 nitrogen and oxygen atoms in total. The van der Waals surface area contributed by atoms with Crippen LogP contribution in [0.1, 0.15) is 34.6 Å². The highest BCUT2D eigenvalue weighted by Crippen LogP contribution is 2.26. The topological polar surface area (TPSA) is 75.6 Å². The van der Waals surface area contributed by atoms with Crippen LogP contribution < -0.4 is 5.32 Å². The summed E-state index contributed by atoms with van der Waals surface area (Å²) in [6.07, 6.45) is 3.35. The number of hydrogen-bond donors (Lipinski definition) is 2. The Labute approximate surface area is 132 Å². The molecule has 3 heterocycles. The van der Waals surface area contributed by atoms with Crippen molar-refractivity contribution in [3.05, 3.63) is 46.7 Å². The first-order chi connectivity index (χ1) is 10.6. The number of hydrogen-bond acceptors (Lipinski definition) is 4. The summed E-state index contributed by atoms with van der Waals surface area (Å²) in [5.74, 6) is -0.145. The van der Waals surface area contributed by atoms with Crippen molar-refractivity contribution < 1.29 is 4.79 Å². The molecule has 0 aliphatic rings. The molecular formula is C15H17N5OS. The predicted molar refractivity (Wildman–Crippen MR) is 85.7 cm³/mol. The molecule has 1 atom stereocenters. The van der Waals surface area contributed by atoms with E-state index in [4.69, 9.17) is 0 Å². The fourth-order valence-electron chi connectivity index (χ4n) is 2.36. The highest BCUT2D eigenvalue weighted by Gasteiger charge is 2.20. The molecule has 0 saturated carbocycles. The molecule has 3 aromatic rings. The van der Waals surface area contributed by atoms with E-state index >= 15 is 0 Å². The van der Waals surface area contributed by atoms with Gasteiger partial charge in [0.1, 0.15) is 0 Å². The van der Waals surface area contributed by atoms with Crippen molar-refractivity contribution in [2.75, 3.05) is 0 Å². The van der Waals surface area contributed by atoms with Crippen LogP contribution in [-0.4, -0.2) is 25.9 Å². The lowest BCUT2D eigenvalue weighted by Gasteiger charge is -2.13. The van der Waals surface area contributed by atoms with Crippen molar-refractivity contribution in [1.82, 2.24) is 25.3 Å². The number of nitrogens with zero attached hydrogens (tertiary/aromatic N) is 3. The van der Waals surface area contributed by atoms with Gasteiger partial charge in [-0.25, -0.2) is 0 Å². The van der Waals surface area contributed by atoms with Gasteiger partial charge in [-0.05, 0) is 25.3 Å². The molecule has 3 aromatic heterocycles. The average Bonchev–Trinajstić information content (AvgIpc) is 3.20. The summed E-state index contributed by atoms with van der Waals surface area (Å²) >= 11 is 1.57. The normalized spacial score (nSPS) is 12.3. The molecule has 0 unspecified atom stereocenters. The molecule has 0 radical (unpaired) electrons. The lowest BCUT2D eigenvalue weighted by molar-refractivity contribution is 0.0940. The standard InChI is InChI=1S/C15H17N5OS/c1-9(11-8-17-20(3)10(11)2)18-15(21)12-7-16-19-14(12)13-5-4-6-22-13/h4-9H,1-3H3,(H,16,19)(H,18,21)/t9-/m1/s1. The number of aromatic nitrogens is 4. The van der Waals surface area contributed by atoms with E-state index in [0.29, 0.717) is 5.56 Å². The van der Waals surface area contributed by atoms with Crippen LogP contribution in [0.3, 0.4) is 0 Å². The summed E-state index contributed by atoms with van der Waals surface area (Å²) in [5, 5.41) is 16.1. The number of carbonyl (C=O) groups excluding carboxylic acids is 1. The molecular weight excluding hydrogens is 298 g/mol. The Kier molecular flexibility index (Phi) is 3.81. The number of nitrogens with one attached hydrogen (secondary N) is 2. The van der Waals surface area contributed by atoms with Gasteiger partial charge in [0, 0.05) is 18.3 Å². The molecule has 2 N–H and O–H groups in total. The van der Waals surface area contributed by atoms with E-state index in [1.165, 1.54) is 0 Å². The summed E-state index contributed by atoms with van der Waals surface area (Å²) in [4.78, 5) is 13.5. The largest absolute Gasteiger partial charge is 0.345 e. The van der Waals surface area contributed by atoms with Crippen LogP contribution >= 0.6 is 11.3 Å². The monoisotopic (exact) mass is 315 g/mol. The van der Waals surface area contributed by atoms with Crippen LogP contribution in [0.4, 0.5) is 0 Å². The zero-order valence-corrected chi connectivity index (χ0v) is 13.4. The molecule has 0 bridgehead atoms. The van der Waals surface area contributed by atoms with Crippen molar-refractivity contribution in [2.45, 2.75) is 19.9 Å². The molecule has 0 fully saturated rings. The average molecular weight is 315 g/mol. The molecule has 0 aliphatic heterocycles. The highest BCUT2D eigenvalue weighted by atomic mass is 32.1. The van der Waals surface area contributed by atoms with Crippen LogP contribution in [0.25, 0.3) is 10.6 Å². The predicted octanol–water partition coefficient (Wildman–Crippen LogP) is 2.67. The van der Waals surface area contributed by atoms with Crippen molar-refractivity contribution in [1.29, 1.82) is 0 Å². The van der Waals surface area contributed by atoms with Gasteiger partial charge in [0.2, 0.25) is 0 Å². The second-order valence-corrected chi connectivity index (χ2v) is 6.09. The minimum Gasteiger partial charge on any atom is -0.345 e. The number of H-pyrrole nitrogens is 1. The second kappa shape index (κ2) is 5.76. The van der Waals surface area contributed by atoms with Crippen LogP contribution in [0.2, 0.25) is 0 Å². The number of carbonyl (C=O) groups is 1. The Hall–Kier alpha value is -2.41. The molecule has 0 aromatic carbocycles. The van der Waals surface area contributed by atoms with Gasteiger partial charge in [0.25, 0.3) is 5.91 Å². The maximum absolute atomic E-state index is 12.5. The lowest BCUT2D eigenvalue weighted by atomic mass is 10.1. The SMILES string of the molecule is Cc1c([C@@H](C)NC(=O)c2cn[nH]c2-c2cccs2)cnn1C. The third-order valence-electron chi connectivity index (χ3n) is 3.74. The number of aryl methyl sites for hydroxylation is 1. The summed E-state index contributed by atoms with van der Waals surface area (Å²) in [7, 11) is 1.89. The van der Waals surface area contributed by atoms with Crippen molar-refractivity contribution in [3.63, 3.8) is 0 Å². The molecule has 0 saturated heterocycles. The van der Waals surface area contributed by atoms with Gasteiger partial charge in [-0.1, -0.05) is 6.07 Å². The smallest absolute Gasteiger partial charge is 0.255 e. The van der Waals surface area contributed by atoms with Gasteiger partial charge < -0.3 is 5.32 Å². The zero-order chi connectivity index (χ0) is 15.7. The highest BCUT2D eigenvalue weighted by molar-refractivity contribution is 7.13. The van der Waals surface area contributed by atoms with Gasteiger partial charge >= 0.3 is 0 Å². The molecule has 0 spiro atoms. The van der Waals surface area contributed by atoms with Crippen molar-refractivity contribution >= 4 is 17.2 Å². The summed E-state index contributed by atoms with van der Waals surface area (Å²) in [5.41, 5.74) is 3.36. The maximum atomic E-state index is 12.5. The third kappa shape index (κ3) is 2.55. The molecule has 22 heavy (non-hydrogen) atoms. The van der Waals surface area contributed by atoms with Crippen LogP contribution in [-0.2, 0) is 7.05 Å². The van der Waals surface area contributed by atoms with E-state index in [-0.39, 0.29) is 11.9 Å². The first kappa shape index (κ1) is 14.5. The second-order valence-electron chi connectivity index (χ2n) is 5.14. The molecule has 3 rings (SSSR count). The number of rotatable bonds is 4. The van der Waals surface area contributed by atoms with Gasteiger partial charge in [-0.3, -0.25) is 14.6 Å². The first-order valence-corrected chi connectivity index (χ1v) is 7.82. The van der Waals surface area contributed by atoms with Gasteiger partial charge in [0.15, 0.2) is 0 Å². The van der Waals surface area contributed by atoms with Crippen LogP contribution in [0, 0.1) is 6.92 Å². The summed E-state index contributed by atoms with van der Waals surface area (Å²) in [6, 6.07) is 3.79. The molecule has 1 amide bonds. The summed E-state index contributed by atoms with van der Waals surface area (Å²) < 4.78 is 1.80. The Balaban J connectivity index is 1.81. The minimum absolute atomic E-state index is 0.118. The van der Waals surface area contributed by atoms with Gasteiger partial charge in [-0.2, -0.15) is 10.2 Å². The van der Waals surface area contributed by atoms with Crippen molar-refractivity contribution in [3.8, 4) is 10.6 Å². The van der Waals surface area contributed by atoms with E-state index in [0.717, 1.165) is 21.8 Å². The number of aromatic amines is 1. The van der Waals surface area contributed by atoms with E-state index in [1.54, 1.807) is 28.4 Å². The van der Waals surface area contributed by atoms with E-state index in [9.17, 15) is 4.79 Å².